The Morgan fingerprint density at radius 1 is 1.39 bits per heavy atom. The molecule has 1 rings (SSSR count). The van der Waals surface area contributed by atoms with Crippen LogP contribution in [0.2, 0.25) is 0 Å². The van der Waals surface area contributed by atoms with E-state index in [1.54, 1.807) is 13.0 Å². The SMILES string of the molecule is CC(Nc1cc(NCC(C)(C)C)ncn1)C(=O)O. The van der Waals surface area contributed by atoms with Gasteiger partial charge in [-0.1, -0.05) is 20.8 Å². The summed E-state index contributed by atoms with van der Waals surface area (Å²) in [5.74, 6) is 0.258. The van der Waals surface area contributed by atoms with E-state index in [4.69, 9.17) is 5.11 Å². The van der Waals surface area contributed by atoms with Gasteiger partial charge in [0.15, 0.2) is 0 Å². The molecular weight excluding hydrogens is 232 g/mol. The molecular formula is C12H20N4O2. The van der Waals surface area contributed by atoms with Crippen LogP contribution in [0.5, 0.6) is 0 Å². The maximum atomic E-state index is 10.7. The minimum absolute atomic E-state index is 0.146. The first-order chi connectivity index (χ1) is 8.28. The number of carbonyl (C=O) groups is 1. The van der Waals surface area contributed by atoms with Gasteiger partial charge in [-0.2, -0.15) is 0 Å². The van der Waals surface area contributed by atoms with Gasteiger partial charge in [-0.3, -0.25) is 4.79 Å². The molecule has 18 heavy (non-hydrogen) atoms. The molecule has 0 aliphatic carbocycles. The summed E-state index contributed by atoms with van der Waals surface area (Å²) in [5, 5.41) is 14.8. The van der Waals surface area contributed by atoms with Gasteiger partial charge in [0, 0.05) is 12.6 Å². The van der Waals surface area contributed by atoms with Gasteiger partial charge in [-0.05, 0) is 12.3 Å². The van der Waals surface area contributed by atoms with E-state index >= 15 is 0 Å². The third-order valence-corrected chi connectivity index (χ3v) is 2.20. The molecule has 0 aliphatic heterocycles. The highest BCUT2D eigenvalue weighted by atomic mass is 16.4. The fourth-order valence-electron chi connectivity index (χ4n) is 1.17. The summed E-state index contributed by atoms with van der Waals surface area (Å²) in [6.45, 7) is 8.69. The Labute approximate surface area is 107 Å². The van der Waals surface area contributed by atoms with Crippen LogP contribution >= 0.6 is 0 Å². The number of carboxylic acids is 1. The number of aromatic nitrogens is 2. The summed E-state index contributed by atoms with van der Waals surface area (Å²) in [5.41, 5.74) is 0.146. The molecule has 0 amide bonds. The summed E-state index contributed by atoms with van der Waals surface area (Å²) < 4.78 is 0. The number of anilines is 2. The van der Waals surface area contributed by atoms with Gasteiger partial charge in [-0.15, -0.1) is 0 Å². The minimum Gasteiger partial charge on any atom is -0.480 e. The monoisotopic (exact) mass is 252 g/mol. The zero-order valence-electron chi connectivity index (χ0n) is 11.2. The summed E-state index contributed by atoms with van der Waals surface area (Å²) in [7, 11) is 0. The second-order valence-corrected chi connectivity index (χ2v) is 5.41. The van der Waals surface area contributed by atoms with Crippen LogP contribution in [0.4, 0.5) is 11.6 Å². The second-order valence-electron chi connectivity index (χ2n) is 5.41. The summed E-state index contributed by atoms with van der Waals surface area (Å²) in [6.07, 6.45) is 1.40. The lowest BCUT2D eigenvalue weighted by molar-refractivity contribution is -0.137. The number of nitrogens with zero attached hydrogens (tertiary/aromatic N) is 2. The first-order valence-corrected chi connectivity index (χ1v) is 5.83. The van der Waals surface area contributed by atoms with Crippen molar-refractivity contribution < 1.29 is 9.90 Å². The van der Waals surface area contributed by atoms with E-state index in [0.29, 0.717) is 11.6 Å². The third kappa shape index (κ3) is 4.99. The van der Waals surface area contributed by atoms with Crippen molar-refractivity contribution in [2.75, 3.05) is 17.2 Å². The molecule has 0 spiro atoms. The Bertz CT molecular complexity index is 415. The van der Waals surface area contributed by atoms with E-state index in [2.05, 4.69) is 41.4 Å². The number of carboxylic acid groups (broad SMARTS) is 1. The van der Waals surface area contributed by atoms with Gasteiger partial charge < -0.3 is 15.7 Å². The van der Waals surface area contributed by atoms with Crippen molar-refractivity contribution >= 4 is 17.6 Å². The first-order valence-electron chi connectivity index (χ1n) is 5.83. The first kappa shape index (κ1) is 14.2. The lowest BCUT2D eigenvalue weighted by atomic mass is 9.97. The number of nitrogens with one attached hydrogen (secondary N) is 2. The van der Waals surface area contributed by atoms with Crippen molar-refractivity contribution in [3.63, 3.8) is 0 Å². The molecule has 3 N–H and O–H groups in total. The molecule has 0 saturated heterocycles. The molecule has 6 nitrogen and oxygen atoms in total. The molecule has 1 aromatic heterocycles. The minimum atomic E-state index is -0.919. The molecule has 1 heterocycles. The molecule has 1 aromatic rings. The molecule has 0 fully saturated rings. The second kappa shape index (κ2) is 5.66. The molecule has 0 radical (unpaired) electrons. The van der Waals surface area contributed by atoms with Gasteiger partial charge in [0.2, 0.25) is 0 Å². The predicted molar refractivity (Wildman–Crippen MR) is 70.7 cm³/mol. The van der Waals surface area contributed by atoms with E-state index in [-0.39, 0.29) is 5.41 Å². The fraction of sp³-hybridized carbons (Fsp3) is 0.583. The maximum Gasteiger partial charge on any atom is 0.325 e. The Balaban J connectivity index is 2.65. The number of aliphatic carboxylic acids is 1. The maximum absolute atomic E-state index is 10.7. The van der Waals surface area contributed by atoms with E-state index in [0.717, 1.165) is 6.54 Å². The smallest absolute Gasteiger partial charge is 0.325 e. The van der Waals surface area contributed by atoms with Crippen LogP contribution in [-0.4, -0.2) is 33.6 Å². The topological polar surface area (TPSA) is 87.1 Å². The average molecular weight is 252 g/mol. The standard InChI is InChI=1S/C12H20N4O2/c1-8(11(17)18)16-10-5-9(14-7-15-10)13-6-12(2,3)4/h5,7-8H,6H2,1-4H3,(H,17,18)(H2,13,14,15,16). The van der Waals surface area contributed by atoms with E-state index < -0.39 is 12.0 Å². The lowest BCUT2D eigenvalue weighted by Gasteiger charge is -2.19. The van der Waals surface area contributed by atoms with Gasteiger partial charge >= 0.3 is 5.97 Å². The van der Waals surface area contributed by atoms with Crippen LogP contribution in [0.25, 0.3) is 0 Å². The predicted octanol–water partition coefficient (Wildman–Crippen LogP) is 1.82. The van der Waals surface area contributed by atoms with Crippen LogP contribution < -0.4 is 10.6 Å². The zero-order chi connectivity index (χ0) is 13.8. The molecule has 6 heteroatoms. The van der Waals surface area contributed by atoms with Crippen LogP contribution in [0.15, 0.2) is 12.4 Å². The molecule has 0 aromatic carbocycles. The highest BCUT2D eigenvalue weighted by molar-refractivity contribution is 5.76. The molecule has 0 bridgehead atoms. The van der Waals surface area contributed by atoms with Crippen LogP contribution in [-0.2, 0) is 4.79 Å². The molecule has 1 atom stereocenters. The van der Waals surface area contributed by atoms with Crippen molar-refractivity contribution in [3.05, 3.63) is 12.4 Å². The third-order valence-electron chi connectivity index (χ3n) is 2.20. The Morgan fingerprint density at radius 2 is 2.00 bits per heavy atom. The summed E-state index contributed by atoms with van der Waals surface area (Å²) >= 11 is 0. The highest BCUT2D eigenvalue weighted by Gasteiger charge is 2.12. The normalized spacial score (nSPS) is 12.9. The molecule has 100 valence electrons. The molecule has 1 unspecified atom stereocenters. The van der Waals surface area contributed by atoms with Crippen LogP contribution in [0.1, 0.15) is 27.7 Å². The molecule has 0 aliphatic rings. The quantitative estimate of drug-likeness (QED) is 0.741. The van der Waals surface area contributed by atoms with Crippen molar-refractivity contribution in [2.45, 2.75) is 33.7 Å². The number of hydrogen-bond donors (Lipinski definition) is 3. The average Bonchev–Trinajstić information content (AvgIpc) is 2.26. The lowest BCUT2D eigenvalue weighted by Crippen LogP contribution is -2.26. The van der Waals surface area contributed by atoms with E-state index in [1.807, 2.05) is 0 Å². The van der Waals surface area contributed by atoms with Gasteiger partial charge in [0.05, 0.1) is 0 Å². The largest absolute Gasteiger partial charge is 0.480 e. The van der Waals surface area contributed by atoms with Crippen LogP contribution in [0.3, 0.4) is 0 Å². The van der Waals surface area contributed by atoms with Gasteiger partial charge in [0.25, 0.3) is 0 Å². The zero-order valence-corrected chi connectivity index (χ0v) is 11.2. The summed E-state index contributed by atoms with van der Waals surface area (Å²) in [6, 6.07) is 1.01. The van der Waals surface area contributed by atoms with Crippen molar-refractivity contribution in [2.24, 2.45) is 5.41 Å². The van der Waals surface area contributed by atoms with Gasteiger partial charge in [-0.25, -0.2) is 9.97 Å². The van der Waals surface area contributed by atoms with Crippen molar-refractivity contribution in [3.8, 4) is 0 Å². The Hall–Kier alpha value is -1.85. The molecule has 0 saturated carbocycles. The number of rotatable bonds is 5. The van der Waals surface area contributed by atoms with Crippen molar-refractivity contribution in [1.82, 2.24) is 9.97 Å². The fourth-order valence-corrected chi connectivity index (χ4v) is 1.17. The highest BCUT2D eigenvalue weighted by Crippen LogP contribution is 2.15. The van der Waals surface area contributed by atoms with Crippen LogP contribution in [0, 0.1) is 5.41 Å². The number of hydrogen-bond acceptors (Lipinski definition) is 5. The van der Waals surface area contributed by atoms with E-state index in [1.165, 1.54) is 6.33 Å². The Morgan fingerprint density at radius 3 is 2.56 bits per heavy atom. The van der Waals surface area contributed by atoms with E-state index in [9.17, 15) is 4.79 Å². The van der Waals surface area contributed by atoms with Gasteiger partial charge in [0.1, 0.15) is 24.0 Å². The Kier molecular flexibility index (Phi) is 4.47. The summed E-state index contributed by atoms with van der Waals surface area (Å²) in [4.78, 5) is 18.8. The van der Waals surface area contributed by atoms with Crippen molar-refractivity contribution in [1.29, 1.82) is 0 Å².